The fraction of sp³-hybridized carbons (Fsp3) is 0.562. The van der Waals surface area contributed by atoms with Gasteiger partial charge in [-0.25, -0.2) is 4.98 Å². The van der Waals surface area contributed by atoms with Crippen LogP contribution in [0.15, 0.2) is 28.6 Å². The summed E-state index contributed by atoms with van der Waals surface area (Å²) in [7, 11) is 0. The zero-order valence-corrected chi connectivity index (χ0v) is 14.0. The molecule has 110 valence electrons. The van der Waals surface area contributed by atoms with Gasteiger partial charge in [-0.05, 0) is 44.4 Å². The van der Waals surface area contributed by atoms with Gasteiger partial charge in [0.05, 0.1) is 10.2 Å². The molecule has 0 radical (unpaired) electrons. The van der Waals surface area contributed by atoms with Gasteiger partial charge < -0.3 is 5.32 Å². The predicted molar refractivity (Wildman–Crippen MR) is 92.0 cm³/mol. The molecule has 0 aliphatic rings. The Morgan fingerprint density at radius 2 is 2.15 bits per heavy atom. The highest BCUT2D eigenvalue weighted by Crippen LogP contribution is 2.29. The van der Waals surface area contributed by atoms with Gasteiger partial charge in [0.15, 0.2) is 4.34 Å². The largest absolute Gasteiger partial charge is 0.314 e. The first-order chi connectivity index (χ1) is 9.83. The Morgan fingerprint density at radius 3 is 2.90 bits per heavy atom. The van der Waals surface area contributed by atoms with Gasteiger partial charge in [-0.3, -0.25) is 0 Å². The molecule has 0 fully saturated rings. The smallest absolute Gasteiger partial charge is 0.151 e. The molecule has 0 amide bonds. The summed E-state index contributed by atoms with van der Waals surface area (Å²) in [6.07, 6.45) is 4.98. The minimum atomic E-state index is 0.686. The number of rotatable bonds is 9. The van der Waals surface area contributed by atoms with Gasteiger partial charge in [0, 0.05) is 11.8 Å². The second-order valence-electron chi connectivity index (χ2n) is 5.00. The third-order valence-corrected chi connectivity index (χ3v) is 5.64. The van der Waals surface area contributed by atoms with E-state index in [1.54, 1.807) is 0 Å². The van der Waals surface area contributed by atoms with Crippen LogP contribution in [0.2, 0.25) is 0 Å². The molecule has 2 rings (SSSR count). The van der Waals surface area contributed by atoms with Crippen LogP contribution in [0.25, 0.3) is 10.2 Å². The van der Waals surface area contributed by atoms with Crippen molar-refractivity contribution in [3.8, 4) is 0 Å². The quantitative estimate of drug-likeness (QED) is 0.524. The molecule has 0 aliphatic heterocycles. The van der Waals surface area contributed by atoms with E-state index in [9.17, 15) is 0 Å². The number of para-hydroxylation sites is 1. The van der Waals surface area contributed by atoms with Crippen LogP contribution >= 0.6 is 23.1 Å². The first-order valence-electron chi connectivity index (χ1n) is 7.55. The third kappa shape index (κ3) is 4.76. The molecule has 2 aromatic rings. The molecule has 0 aliphatic carbocycles. The summed E-state index contributed by atoms with van der Waals surface area (Å²) in [5.74, 6) is 1.17. The van der Waals surface area contributed by atoms with E-state index in [1.807, 2.05) is 23.1 Å². The predicted octanol–water partition coefficient (Wildman–Crippen LogP) is 4.95. The highest BCUT2D eigenvalue weighted by molar-refractivity contribution is 8.01. The lowest BCUT2D eigenvalue weighted by Crippen LogP contribution is -2.29. The molecule has 1 N–H and O–H groups in total. The Balaban J connectivity index is 1.72. The Morgan fingerprint density at radius 1 is 1.30 bits per heavy atom. The van der Waals surface area contributed by atoms with E-state index in [2.05, 4.69) is 48.4 Å². The van der Waals surface area contributed by atoms with Gasteiger partial charge in [-0.2, -0.15) is 0 Å². The van der Waals surface area contributed by atoms with Crippen molar-refractivity contribution in [2.75, 3.05) is 12.3 Å². The van der Waals surface area contributed by atoms with Crippen LogP contribution in [0.1, 0.15) is 39.5 Å². The molecule has 2 nitrogen and oxygen atoms in total. The fourth-order valence-corrected chi connectivity index (χ4v) is 4.30. The van der Waals surface area contributed by atoms with Crippen LogP contribution in [0.5, 0.6) is 0 Å². The first kappa shape index (κ1) is 15.8. The van der Waals surface area contributed by atoms with Crippen LogP contribution in [0.4, 0.5) is 0 Å². The third-order valence-electron chi connectivity index (χ3n) is 3.37. The molecule has 0 saturated carbocycles. The van der Waals surface area contributed by atoms with Crippen LogP contribution in [-0.2, 0) is 0 Å². The van der Waals surface area contributed by atoms with Crippen molar-refractivity contribution in [3.05, 3.63) is 24.3 Å². The summed E-state index contributed by atoms with van der Waals surface area (Å²) in [5, 5.41) is 3.62. The average molecular weight is 309 g/mol. The molecule has 20 heavy (non-hydrogen) atoms. The van der Waals surface area contributed by atoms with Crippen LogP contribution < -0.4 is 5.32 Å². The van der Waals surface area contributed by atoms with Crippen LogP contribution in [-0.4, -0.2) is 23.3 Å². The topological polar surface area (TPSA) is 24.9 Å². The molecule has 1 unspecified atom stereocenters. The van der Waals surface area contributed by atoms with Crippen LogP contribution in [0.3, 0.4) is 0 Å². The molecule has 0 saturated heterocycles. The molecular formula is C16H24N2S2. The molecule has 0 bridgehead atoms. The number of nitrogens with one attached hydrogen (secondary N) is 1. The molecule has 4 heteroatoms. The van der Waals surface area contributed by atoms with Gasteiger partial charge in [-0.15, -0.1) is 11.3 Å². The summed E-state index contributed by atoms with van der Waals surface area (Å²) in [6.45, 7) is 5.64. The minimum Gasteiger partial charge on any atom is -0.314 e. The fourth-order valence-electron chi connectivity index (χ4n) is 2.20. The van der Waals surface area contributed by atoms with Crippen molar-refractivity contribution in [3.63, 3.8) is 0 Å². The number of fused-ring (bicyclic) bond motifs is 1. The van der Waals surface area contributed by atoms with E-state index < -0.39 is 0 Å². The number of aromatic nitrogens is 1. The lowest BCUT2D eigenvalue weighted by Gasteiger charge is -2.15. The maximum atomic E-state index is 4.66. The van der Waals surface area contributed by atoms with E-state index in [1.165, 1.54) is 40.5 Å². The zero-order chi connectivity index (χ0) is 14.2. The second-order valence-corrected chi connectivity index (χ2v) is 7.37. The van der Waals surface area contributed by atoms with Crippen LogP contribution in [0, 0.1) is 0 Å². The van der Waals surface area contributed by atoms with Crippen molar-refractivity contribution in [2.24, 2.45) is 0 Å². The second kappa shape index (κ2) is 8.65. The Labute approximate surface area is 130 Å². The summed E-state index contributed by atoms with van der Waals surface area (Å²) in [5.41, 5.74) is 1.14. The highest BCUT2D eigenvalue weighted by atomic mass is 32.2. The van der Waals surface area contributed by atoms with Crippen molar-refractivity contribution in [1.29, 1.82) is 0 Å². The molecule has 1 aromatic carbocycles. The van der Waals surface area contributed by atoms with Gasteiger partial charge in [0.2, 0.25) is 0 Å². The monoisotopic (exact) mass is 308 g/mol. The van der Waals surface area contributed by atoms with Gasteiger partial charge in [0.1, 0.15) is 0 Å². The van der Waals surface area contributed by atoms with Crippen molar-refractivity contribution >= 4 is 33.3 Å². The Kier molecular flexibility index (Phi) is 6.83. The summed E-state index contributed by atoms with van der Waals surface area (Å²) < 4.78 is 2.51. The number of hydrogen-bond donors (Lipinski definition) is 1. The standard InChI is InChI=1S/C16H24N2S2/c1-3-11-17-13(4-2)8-7-12-19-16-18-14-9-5-6-10-15(14)20-16/h5-6,9-10,13,17H,3-4,7-8,11-12H2,1-2H3. The Bertz CT molecular complexity index is 477. The van der Waals surface area contributed by atoms with E-state index in [0.717, 1.165) is 12.1 Å². The maximum Gasteiger partial charge on any atom is 0.151 e. The number of thiazole rings is 1. The number of hydrogen-bond acceptors (Lipinski definition) is 4. The Hall–Kier alpha value is -0.580. The van der Waals surface area contributed by atoms with E-state index >= 15 is 0 Å². The molecular weight excluding hydrogens is 284 g/mol. The normalized spacial score (nSPS) is 12.9. The summed E-state index contributed by atoms with van der Waals surface area (Å²) >= 11 is 3.71. The van der Waals surface area contributed by atoms with E-state index in [4.69, 9.17) is 0 Å². The van der Waals surface area contributed by atoms with Gasteiger partial charge in [-0.1, -0.05) is 37.7 Å². The zero-order valence-electron chi connectivity index (χ0n) is 12.4. The molecule has 1 atom stereocenters. The maximum absolute atomic E-state index is 4.66. The van der Waals surface area contributed by atoms with Crippen molar-refractivity contribution in [1.82, 2.24) is 10.3 Å². The van der Waals surface area contributed by atoms with E-state index in [0.29, 0.717) is 6.04 Å². The SMILES string of the molecule is CCCNC(CC)CCCSc1nc2ccccc2s1. The molecule has 1 aromatic heterocycles. The number of thioether (sulfide) groups is 1. The highest BCUT2D eigenvalue weighted by Gasteiger charge is 2.06. The van der Waals surface area contributed by atoms with Crippen molar-refractivity contribution < 1.29 is 0 Å². The minimum absolute atomic E-state index is 0.686. The average Bonchev–Trinajstić information content (AvgIpc) is 2.89. The van der Waals surface area contributed by atoms with Gasteiger partial charge in [0.25, 0.3) is 0 Å². The van der Waals surface area contributed by atoms with Gasteiger partial charge >= 0.3 is 0 Å². The van der Waals surface area contributed by atoms with Crippen molar-refractivity contribution in [2.45, 2.75) is 49.9 Å². The molecule has 0 spiro atoms. The summed E-state index contributed by atoms with van der Waals surface area (Å²) in [6, 6.07) is 9.07. The number of benzene rings is 1. The van der Waals surface area contributed by atoms with E-state index in [-0.39, 0.29) is 0 Å². The first-order valence-corrected chi connectivity index (χ1v) is 9.35. The molecule has 1 heterocycles. The lowest BCUT2D eigenvalue weighted by molar-refractivity contribution is 0.465. The summed E-state index contributed by atoms with van der Waals surface area (Å²) in [4.78, 5) is 4.66. The number of nitrogens with zero attached hydrogens (tertiary/aromatic N) is 1. The lowest BCUT2D eigenvalue weighted by atomic mass is 10.1.